The Labute approximate surface area is 100 Å². The molecule has 0 aromatic heterocycles. The molecule has 0 heterocycles. The summed E-state index contributed by atoms with van der Waals surface area (Å²) in [5, 5.41) is 6.41. The van der Waals surface area contributed by atoms with Gasteiger partial charge in [-0.2, -0.15) is 0 Å². The van der Waals surface area contributed by atoms with E-state index in [1.165, 1.54) is 0 Å². The number of amides is 1. The lowest BCUT2D eigenvalue weighted by Crippen LogP contribution is -2.20. The van der Waals surface area contributed by atoms with Gasteiger partial charge in [0, 0.05) is 22.2 Å². The highest BCUT2D eigenvalue weighted by Crippen LogP contribution is 2.26. The first kappa shape index (κ1) is 13.1. The second-order valence-electron chi connectivity index (χ2n) is 3.94. The van der Waals surface area contributed by atoms with Gasteiger partial charge in [0.2, 0.25) is 5.91 Å². The maximum atomic E-state index is 11.8. The molecular formula is C12H16N4O. The fourth-order valence-electron chi connectivity index (χ4n) is 1.36. The zero-order valence-corrected chi connectivity index (χ0v) is 10.3. The lowest BCUT2D eigenvalue weighted by molar-refractivity contribution is -0.119. The quantitative estimate of drug-likeness (QED) is 0.476. The molecule has 0 saturated heterocycles. The molecule has 0 radical (unpaired) electrons. The third-order valence-electron chi connectivity index (χ3n) is 2.78. The Balaban J connectivity index is 2.96. The molecule has 1 unspecified atom stereocenters. The molecule has 1 aromatic carbocycles. The highest BCUT2D eigenvalue weighted by Gasteiger charge is 2.12. The SMILES string of the molecule is CCC(C)C(=O)Nc1cccc(N=[N+]=[N-])c1C. The highest BCUT2D eigenvalue weighted by molar-refractivity contribution is 5.93. The minimum Gasteiger partial charge on any atom is -0.326 e. The van der Waals surface area contributed by atoms with Gasteiger partial charge in [-0.25, -0.2) is 0 Å². The largest absolute Gasteiger partial charge is 0.326 e. The maximum Gasteiger partial charge on any atom is 0.227 e. The van der Waals surface area contributed by atoms with Crippen LogP contribution in [0.4, 0.5) is 11.4 Å². The third-order valence-corrected chi connectivity index (χ3v) is 2.78. The molecule has 1 amide bonds. The minimum atomic E-state index is -0.0301. The van der Waals surface area contributed by atoms with E-state index < -0.39 is 0 Å². The summed E-state index contributed by atoms with van der Waals surface area (Å²) in [6.07, 6.45) is 0.793. The summed E-state index contributed by atoms with van der Waals surface area (Å²) >= 11 is 0. The van der Waals surface area contributed by atoms with Gasteiger partial charge in [-0.1, -0.05) is 31.1 Å². The van der Waals surface area contributed by atoms with E-state index >= 15 is 0 Å². The first-order chi connectivity index (χ1) is 8.10. The first-order valence-electron chi connectivity index (χ1n) is 5.55. The summed E-state index contributed by atoms with van der Waals surface area (Å²) < 4.78 is 0. The summed E-state index contributed by atoms with van der Waals surface area (Å²) in [4.78, 5) is 14.5. The van der Waals surface area contributed by atoms with Crippen LogP contribution in [-0.2, 0) is 4.79 Å². The molecule has 5 nitrogen and oxygen atoms in total. The van der Waals surface area contributed by atoms with Gasteiger partial charge in [0.05, 0.1) is 0 Å². The highest BCUT2D eigenvalue weighted by atomic mass is 16.1. The minimum absolute atomic E-state index is 0.0197. The lowest BCUT2D eigenvalue weighted by Gasteiger charge is -2.13. The van der Waals surface area contributed by atoms with Crippen LogP contribution in [0.25, 0.3) is 10.4 Å². The molecule has 0 aliphatic heterocycles. The molecule has 1 aromatic rings. The molecule has 17 heavy (non-hydrogen) atoms. The Hall–Kier alpha value is -2.00. The van der Waals surface area contributed by atoms with E-state index in [4.69, 9.17) is 5.53 Å². The van der Waals surface area contributed by atoms with Crippen molar-refractivity contribution in [2.24, 2.45) is 11.0 Å². The van der Waals surface area contributed by atoms with Crippen molar-refractivity contribution in [3.05, 3.63) is 34.2 Å². The number of rotatable bonds is 4. The van der Waals surface area contributed by atoms with Crippen molar-refractivity contribution < 1.29 is 4.79 Å². The average molecular weight is 232 g/mol. The second-order valence-corrected chi connectivity index (χ2v) is 3.94. The van der Waals surface area contributed by atoms with E-state index in [0.717, 1.165) is 12.0 Å². The number of nitrogens with zero attached hydrogens (tertiary/aromatic N) is 3. The van der Waals surface area contributed by atoms with Crippen LogP contribution in [0, 0.1) is 12.8 Å². The van der Waals surface area contributed by atoms with E-state index in [1.54, 1.807) is 18.2 Å². The van der Waals surface area contributed by atoms with Gasteiger partial charge in [0.15, 0.2) is 0 Å². The predicted molar refractivity (Wildman–Crippen MR) is 68.1 cm³/mol. The van der Waals surface area contributed by atoms with E-state index in [0.29, 0.717) is 11.4 Å². The predicted octanol–water partition coefficient (Wildman–Crippen LogP) is 3.92. The number of hydrogen-bond donors (Lipinski definition) is 1. The van der Waals surface area contributed by atoms with Gasteiger partial charge in [-0.3, -0.25) is 4.79 Å². The molecule has 90 valence electrons. The molecule has 0 aliphatic rings. The van der Waals surface area contributed by atoms with Gasteiger partial charge < -0.3 is 5.32 Å². The van der Waals surface area contributed by atoms with E-state index in [2.05, 4.69) is 15.3 Å². The molecule has 1 rings (SSSR count). The normalized spacial score (nSPS) is 11.5. The molecular weight excluding hydrogens is 216 g/mol. The molecule has 1 atom stereocenters. The molecule has 0 saturated carbocycles. The number of carbonyl (C=O) groups excluding carboxylic acids is 1. The average Bonchev–Trinajstić information content (AvgIpc) is 2.33. The maximum absolute atomic E-state index is 11.8. The van der Waals surface area contributed by atoms with E-state index in [9.17, 15) is 4.79 Å². The summed E-state index contributed by atoms with van der Waals surface area (Å²) in [5.74, 6) is -0.0498. The lowest BCUT2D eigenvalue weighted by atomic mass is 10.1. The molecule has 0 bridgehead atoms. The first-order valence-corrected chi connectivity index (χ1v) is 5.55. The zero-order chi connectivity index (χ0) is 12.8. The van der Waals surface area contributed by atoms with Crippen molar-refractivity contribution in [2.45, 2.75) is 27.2 Å². The third kappa shape index (κ3) is 3.23. The molecule has 0 fully saturated rings. The Morgan fingerprint density at radius 1 is 1.59 bits per heavy atom. The van der Waals surface area contributed by atoms with Crippen LogP contribution >= 0.6 is 0 Å². The number of hydrogen-bond acceptors (Lipinski definition) is 2. The number of carbonyl (C=O) groups is 1. The Morgan fingerprint density at radius 2 is 2.29 bits per heavy atom. The van der Waals surface area contributed by atoms with Crippen molar-refractivity contribution in [2.75, 3.05) is 5.32 Å². The van der Waals surface area contributed by atoms with Crippen LogP contribution in [0.5, 0.6) is 0 Å². The number of nitrogens with one attached hydrogen (secondary N) is 1. The summed E-state index contributed by atoms with van der Waals surface area (Å²) in [6.45, 7) is 5.66. The monoisotopic (exact) mass is 232 g/mol. The van der Waals surface area contributed by atoms with E-state index in [1.807, 2.05) is 20.8 Å². The molecule has 0 spiro atoms. The second kappa shape index (κ2) is 5.92. The van der Waals surface area contributed by atoms with Gasteiger partial charge >= 0.3 is 0 Å². The van der Waals surface area contributed by atoms with Crippen LogP contribution in [0.1, 0.15) is 25.8 Å². The molecule has 5 heteroatoms. The number of anilines is 1. The standard InChI is InChI=1S/C12H16N4O/c1-4-8(2)12(17)14-10-6-5-7-11(9(10)3)15-16-13/h5-8H,4H2,1-3H3,(H,14,17). The fourth-order valence-corrected chi connectivity index (χ4v) is 1.36. The van der Waals surface area contributed by atoms with Crippen molar-refractivity contribution in [3.8, 4) is 0 Å². The zero-order valence-electron chi connectivity index (χ0n) is 10.3. The molecule has 1 N–H and O–H groups in total. The van der Waals surface area contributed by atoms with Crippen molar-refractivity contribution >= 4 is 17.3 Å². The van der Waals surface area contributed by atoms with Crippen LogP contribution in [0.3, 0.4) is 0 Å². The van der Waals surface area contributed by atoms with Gasteiger partial charge in [-0.15, -0.1) is 0 Å². The van der Waals surface area contributed by atoms with Crippen molar-refractivity contribution in [1.29, 1.82) is 0 Å². The van der Waals surface area contributed by atoms with Crippen molar-refractivity contribution in [3.63, 3.8) is 0 Å². The van der Waals surface area contributed by atoms with Gasteiger partial charge in [0.1, 0.15) is 0 Å². The Bertz CT molecular complexity index is 464. The topological polar surface area (TPSA) is 77.9 Å². The van der Waals surface area contributed by atoms with Gasteiger partial charge in [0.25, 0.3) is 0 Å². The van der Waals surface area contributed by atoms with Crippen LogP contribution < -0.4 is 5.32 Å². The van der Waals surface area contributed by atoms with Gasteiger partial charge in [-0.05, 0) is 30.5 Å². The Kier molecular flexibility index (Phi) is 4.55. The summed E-state index contributed by atoms with van der Waals surface area (Å²) in [6, 6.07) is 5.27. The van der Waals surface area contributed by atoms with Crippen LogP contribution in [0.2, 0.25) is 0 Å². The summed E-state index contributed by atoms with van der Waals surface area (Å²) in [7, 11) is 0. The number of benzene rings is 1. The van der Waals surface area contributed by atoms with E-state index in [-0.39, 0.29) is 11.8 Å². The van der Waals surface area contributed by atoms with Crippen LogP contribution in [0.15, 0.2) is 23.3 Å². The van der Waals surface area contributed by atoms with Crippen LogP contribution in [-0.4, -0.2) is 5.91 Å². The smallest absolute Gasteiger partial charge is 0.227 e. The summed E-state index contributed by atoms with van der Waals surface area (Å²) in [5.41, 5.74) is 10.4. The van der Waals surface area contributed by atoms with Crippen molar-refractivity contribution in [1.82, 2.24) is 0 Å². The number of azide groups is 1. The molecule has 0 aliphatic carbocycles. The Morgan fingerprint density at radius 3 is 2.88 bits per heavy atom. The fraction of sp³-hybridized carbons (Fsp3) is 0.417.